The van der Waals surface area contributed by atoms with Gasteiger partial charge in [0.2, 0.25) is 0 Å². The molecule has 7 heteroatoms. The largest absolute Gasteiger partial charge is 0.480 e. The maximum atomic E-state index is 15.1. The molecule has 1 heterocycles. The monoisotopic (exact) mass is 434 g/mol. The van der Waals surface area contributed by atoms with E-state index in [-0.39, 0.29) is 10.6 Å². The molecule has 0 radical (unpaired) electrons. The second-order valence-corrected chi connectivity index (χ2v) is 9.23. The molecule has 1 aliphatic rings. The maximum Gasteiger partial charge on any atom is 0.321 e. The van der Waals surface area contributed by atoms with Gasteiger partial charge in [-0.15, -0.1) is 0 Å². The Balaban J connectivity index is 2.38. The van der Waals surface area contributed by atoms with Gasteiger partial charge in [-0.3, -0.25) is 10.1 Å². The number of nitrogens with one attached hydrogen (secondary N) is 1. The Hall–Kier alpha value is -2.13. The lowest BCUT2D eigenvalue weighted by Gasteiger charge is -2.40. The van der Waals surface area contributed by atoms with Gasteiger partial charge < -0.3 is 5.11 Å². The lowest BCUT2D eigenvalue weighted by molar-refractivity contribution is -0.139. The van der Waals surface area contributed by atoms with Crippen molar-refractivity contribution in [1.82, 2.24) is 5.32 Å². The van der Waals surface area contributed by atoms with Crippen molar-refractivity contribution in [1.29, 1.82) is 5.26 Å². The van der Waals surface area contributed by atoms with Crippen LogP contribution < -0.4 is 5.32 Å². The molecule has 1 saturated heterocycles. The summed E-state index contributed by atoms with van der Waals surface area (Å²) in [5.74, 6) is -2.88. The highest BCUT2D eigenvalue weighted by Gasteiger charge is 2.62. The van der Waals surface area contributed by atoms with Gasteiger partial charge in [-0.25, -0.2) is 4.39 Å². The first kappa shape index (κ1) is 21.6. The summed E-state index contributed by atoms with van der Waals surface area (Å²) in [4.78, 5) is 12.2. The highest BCUT2D eigenvalue weighted by Crippen LogP contribution is 2.53. The number of carbonyl (C=O) groups is 1. The lowest BCUT2D eigenvalue weighted by Crippen LogP contribution is -2.50. The quantitative estimate of drug-likeness (QED) is 0.700. The van der Waals surface area contributed by atoms with Crippen LogP contribution >= 0.6 is 23.2 Å². The number of rotatable bonds is 3. The Morgan fingerprint density at radius 2 is 1.83 bits per heavy atom. The van der Waals surface area contributed by atoms with Gasteiger partial charge in [0.15, 0.2) is 0 Å². The summed E-state index contributed by atoms with van der Waals surface area (Å²) in [6.45, 7) is 5.76. The molecular weight excluding hydrogens is 414 g/mol. The Morgan fingerprint density at radius 1 is 1.21 bits per heavy atom. The van der Waals surface area contributed by atoms with E-state index in [1.165, 1.54) is 12.1 Å². The fraction of sp³-hybridized carbons (Fsp3) is 0.364. The van der Waals surface area contributed by atoms with Gasteiger partial charge >= 0.3 is 5.97 Å². The average molecular weight is 435 g/mol. The molecule has 2 aromatic carbocycles. The smallest absolute Gasteiger partial charge is 0.321 e. The molecular formula is C22H21Cl2FN2O2. The van der Waals surface area contributed by atoms with E-state index in [1.807, 2.05) is 20.8 Å². The third-order valence-electron chi connectivity index (χ3n) is 5.58. The number of nitrogens with zero attached hydrogens (tertiary/aromatic N) is 1. The molecule has 1 fully saturated rings. The number of carboxylic acid groups (broad SMARTS) is 1. The first-order valence-corrected chi connectivity index (χ1v) is 9.89. The van der Waals surface area contributed by atoms with E-state index in [0.29, 0.717) is 10.6 Å². The van der Waals surface area contributed by atoms with Crippen molar-refractivity contribution in [2.75, 3.05) is 0 Å². The minimum Gasteiger partial charge on any atom is -0.480 e. The van der Waals surface area contributed by atoms with E-state index < -0.39 is 40.6 Å². The molecule has 0 bridgehead atoms. The second-order valence-electron chi connectivity index (χ2n) is 8.39. The van der Waals surface area contributed by atoms with Crippen LogP contribution in [0.4, 0.5) is 4.39 Å². The zero-order chi connectivity index (χ0) is 21.6. The van der Waals surface area contributed by atoms with Crippen LogP contribution in [-0.4, -0.2) is 23.2 Å². The van der Waals surface area contributed by atoms with Gasteiger partial charge in [-0.2, -0.15) is 5.26 Å². The fourth-order valence-electron chi connectivity index (χ4n) is 4.45. The number of nitriles is 1. The molecule has 1 aliphatic heterocycles. The summed E-state index contributed by atoms with van der Waals surface area (Å²) in [5, 5.41) is 23.9. The third-order valence-corrected chi connectivity index (χ3v) is 6.12. The SMILES string of the molecule is CC(C)(C)C1NC(C(=O)O)C(c2cccc(Cl)c2F)C1(C#N)c1ccc(Cl)cc1. The molecule has 152 valence electrons. The summed E-state index contributed by atoms with van der Waals surface area (Å²) in [5.41, 5.74) is -1.20. The number of benzene rings is 2. The second kappa shape index (κ2) is 7.60. The van der Waals surface area contributed by atoms with E-state index in [2.05, 4.69) is 11.4 Å². The lowest BCUT2D eigenvalue weighted by atomic mass is 9.60. The van der Waals surface area contributed by atoms with E-state index in [9.17, 15) is 15.2 Å². The van der Waals surface area contributed by atoms with E-state index in [0.717, 1.165) is 0 Å². The Bertz CT molecular complexity index is 982. The van der Waals surface area contributed by atoms with Gasteiger partial charge in [0.1, 0.15) is 17.3 Å². The predicted octanol–water partition coefficient (Wildman–Crippen LogP) is 5.15. The number of hydrogen-bond acceptors (Lipinski definition) is 3. The molecule has 4 atom stereocenters. The van der Waals surface area contributed by atoms with Gasteiger partial charge in [-0.05, 0) is 34.7 Å². The van der Waals surface area contributed by atoms with Crippen molar-refractivity contribution in [3.63, 3.8) is 0 Å². The summed E-state index contributed by atoms with van der Waals surface area (Å²) in [6.07, 6.45) is 0. The van der Waals surface area contributed by atoms with Crippen LogP contribution in [0.15, 0.2) is 42.5 Å². The van der Waals surface area contributed by atoms with Gasteiger partial charge in [0, 0.05) is 17.0 Å². The maximum absolute atomic E-state index is 15.1. The normalized spacial score (nSPS) is 26.9. The van der Waals surface area contributed by atoms with E-state index >= 15 is 4.39 Å². The molecule has 2 aromatic rings. The molecule has 0 saturated carbocycles. The zero-order valence-electron chi connectivity index (χ0n) is 16.2. The first-order valence-electron chi connectivity index (χ1n) is 9.14. The molecule has 0 spiro atoms. The van der Waals surface area contributed by atoms with Crippen LogP contribution in [0.5, 0.6) is 0 Å². The number of aliphatic carboxylic acids is 1. The van der Waals surface area contributed by atoms with Crippen molar-refractivity contribution in [3.05, 3.63) is 69.5 Å². The van der Waals surface area contributed by atoms with Gasteiger partial charge in [0.05, 0.1) is 11.1 Å². The molecule has 0 aliphatic carbocycles. The van der Waals surface area contributed by atoms with Crippen molar-refractivity contribution in [2.45, 2.75) is 44.2 Å². The van der Waals surface area contributed by atoms with Crippen LogP contribution in [-0.2, 0) is 10.2 Å². The van der Waals surface area contributed by atoms with Crippen LogP contribution in [0, 0.1) is 22.6 Å². The average Bonchev–Trinajstić information content (AvgIpc) is 3.01. The molecule has 4 unspecified atom stereocenters. The van der Waals surface area contributed by atoms with Crippen LogP contribution in [0.25, 0.3) is 0 Å². The highest BCUT2D eigenvalue weighted by molar-refractivity contribution is 6.31. The molecule has 2 N–H and O–H groups in total. The zero-order valence-corrected chi connectivity index (χ0v) is 17.7. The van der Waals surface area contributed by atoms with Crippen molar-refractivity contribution in [3.8, 4) is 6.07 Å². The number of carboxylic acids is 1. The fourth-order valence-corrected chi connectivity index (χ4v) is 4.76. The van der Waals surface area contributed by atoms with Crippen LogP contribution in [0.3, 0.4) is 0 Å². The van der Waals surface area contributed by atoms with Gasteiger partial charge in [0.25, 0.3) is 0 Å². The third kappa shape index (κ3) is 3.50. The summed E-state index contributed by atoms with van der Waals surface area (Å²) in [6, 6.07) is 11.8. The Labute approximate surface area is 179 Å². The van der Waals surface area contributed by atoms with Crippen LogP contribution in [0.2, 0.25) is 10.0 Å². The molecule has 3 rings (SSSR count). The first-order chi connectivity index (χ1) is 13.5. The highest BCUT2D eigenvalue weighted by atomic mass is 35.5. The summed E-state index contributed by atoms with van der Waals surface area (Å²) in [7, 11) is 0. The van der Waals surface area contributed by atoms with Crippen molar-refractivity contribution < 1.29 is 14.3 Å². The molecule has 29 heavy (non-hydrogen) atoms. The van der Waals surface area contributed by atoms with E-state index in [1.54, 1.807) is 30.3 Å². The molecule has 0 aromatic heterocycles. The van der Waals surface area contributed by atoms with E-state index in [4.69, 9.17) is 23.2 Å². The predicted molar refractivity (Wildman–Crippen MR) is 111 cm³/mol. The topological polar surface area (TPSA) is 73.1 Å². The minimum absolute atomic E-state index is 0.0978. The Kier molecular flexibility index (Phi) is 5.66. The number of halogens is 3. The molecule has 4 nitrogen and oxygen atoms in total. The van der Waals surface area contributed by atoms with Crippen molar-refractivity contribution >= 4 is 29.2 Å². The summed E-state index contributed by atoms with van der Waals surface area (Å²) < 4.78 is 15.1. The standard InChI is InChI=1S/C22H21Cl2FN2O2/c1-21(2,3)20-22(11-26,12-7-9-13(23)10-8-12)16(18(27-20)19(28)29)14-5-4-6-15(24)17(14)25/h4-10,16,18,20,27H,1-3H3,(H,28,29). The van der Waals surface area contributed by atoms with Crippen molar-refractivity contribution in [2.24, 2.45) is 5.41 Å². The van der Waals surface area contributed by atoms with Crippen LogP contribution in [0.1, 0.15) is 37.8 Å². The Morgan fingerprint density at radius 3 is 2.34 bits per heavy atom. The minimum atomic E-state index is -1.36. The molecule has 0 amide bonds. The number of hydrogen-bond donors (Lipinski definition) is 2. The summed E-state index contributed by atoms with van der Waals surface area (Å²) >= 11 is 12.0. The van der Waals surface area contributed by atoms with Gasteiger partial charge in [-0.1, -0.05) is 68.2 Å².